The van der Waals surface area contributed by atoms with Gasteiger partial charge in [0.25, 0.3) is 0 Å². The van der Waals surface area contributed by atoms with E-state index in [4.69, 9.17) is 26.1 Å². The average molecular weight is 510 g/mol. The van der Waals surface area contributed by atoms with E-state index >= 15 is 0 Å². The van der Waals surface area contributed by atoms with E-state index in [9.17, 15) is 0 Å². The predicted octanol–water partition coefficient (Wildman–Crippen LogP) is 7.75. The highest BCUT2D eigenvalue weighted by Crippen LogP contribution is 2.38. The standard InChI is InChI=1S/C30H40ClN3O2/c1-6-7-18-34-25(29(31)32-30(34)28-21(2)12-11-13-22(28)3)20-33-17-10-8-9-14-24(33)23-15-16-26(35-4)27(19-23)36-5/h11-13,15-16,19,24H,6-10,14,17-18,20H2,1-5H3. The first-order valence-electron chi connectivity index (χ1n) is 13.3. The fraction of sp³-hybridized carbons (Fsp3) is 0.500. The monoisotopic (exact) mass is 509 g/mol. The highest BCUT2D eigenvalue weighted by atomic mass is 35.5. The number of methoxy groups -OCH3 is 2. The van der Waals surface area contributed by atoms with Crippen LogP contribution in [0.25, 0.3) is 11.4 Å². The number of likely N-dealkylation sites (tertiary alicyclic amines) is 1. The Morgan fingerprint density at radius 2 is 1.75 bits per heavy atom. The van der Waals surface area contributed by atoms with Crippen LogP contribution < -0.4 is 9.47 Å². The summed E-state index contributed by atoms with van der Waals surface area (Å²) in [5.41, 5.74) is 6.06. The second kappa shape index (κ2) is 12.2. The molecule has 0 radical (unpaired) electrons. The maximum absolute atomic E-state index is 6.93. The van der Waals surface area contributed by atoms with Crippen LogP contribution >= 0.6 is 11.6 Å². The lowest BCUT2D eigenvalue weighted by Crippen LogP contribution is -2.29. The summed E-state index contributed by atoms with van der Waals surface area (Å²) in [5.74, 6) is 2.54. The van der Waals surface area contributed by atoms with E-state index in [2.05, 4.69) is 60.6 Å². The summed E-state index contributed by atoms with van der Waals surface area (Å²) in [6.07, 6.45) is 6.98. The quantitative estimate of drug-likeness (QED) is 0.295. The molecule has 194 valence electrons. The Balaban J connectivity index is 1.74. The van der Waals surface area contributed by atoms with Gasteiger partial charge in [-0.25, -0.2) is 4.98 Å². The number of hydrogen-bond donors (Lipinski definition) is 0. The molecule has 1 fully saturated rings. The lowest BCUT2D eigenvalue weighted by Gasteiger charge is -2.31. The Labute approximate surface area is 221 Å². The minimum atomic E-state index is 0.293. The molecule has 0 saturated carbocycles. The van der Waals surface area contributed by atoms with Crippen molar-refractivity contribution in [3.8, 4) is 22.9 Å². The van der Waals surface area contributed by atoms with E-state index < -0.39 is 0 Å². The molecular weight excluding hydrogens is 470 g/mol. The molecule has 0 aliphatic carbocycles. The summed E-state index contributed by atoms with van der Waals surface area (Å²) in [6, 6.07) is 13.1. The summed E-state index contributed by atoms with van der Waals surface area (Å²) in [4.78, 5) is 7.55. The van der Waals surface area contributed by atoms with Crippen molar-refractivity contribution in [2.75, 3.05) is 20.8 Å². The molecule has 4 rings (SSSR count). The predicted molar refractivity (Wildman–Crippen MR) is 148 cm³/mol. The number of nitrogens with zero attached hydrogens (tertiary/aromatic N) is 3. The number of benzene rings is 2. The molecule has 1 unspecified atom stereocenters. The number of imidazole rings is 1. The van der Waals surface area contributed by atoms with Crippen LogP contribution in [0.4, 0.5) is 0 Å². The number of aryl methyl sites for hydroxylation is 2. The second-order valence-electron chi connectivity index (χ2n) is 9.89. The topological polar surface area (TPSA) is 39.5 Å². The molecule has 0 spiro atoms. The summed E-state index contributed by atoms with van der Waals surface area (Å²) in [5, 5.41) is 0.624. The first-order chi connectivity index (χ1) is 17.5. The van der Waals surface area contributed by atoms with E-state index in [0.29, 0.717) is 11.2 Å². The van der Waals surface area contributed by atoms with E-state index in [0.717, 1.165) is 61.9 Å². The Hall–Kier alpha value is -2.50. The van der Waals surface area contributed by atoms with E-state index in [1.165, 1.54) is 41.5 Å². The van der Waals surface area contributed by atoms with Crippen molar-refractivity contribution in [2.24, 2.45) is 0 Å². The molecule has 5 nitrogen and oxygen atoms in total. The smallest absolute Gasteiger partial charge is 0.161 e. The molecule has 1 atom stereocenters. The molecule has 1 aliphatic heterocycles. The minimum Gasteiger partial charge on any atom is -0.493 e. The summed E-state index contributed by atoms with van der Waals surface area (Å²) < 4.78 is 13.5. The van der Waals surface area contributed by atoms with Crippen molar-refractivity contribution in [3.63, 3.8) is 0 Å². The normalized spacial score (nSPS) is 16.7. The van der Waals surface area contributed by atoms with Crippen molar-refractivity contribution in [1.29, 1.82) is 0 Å². The Kier molecular flexibility index (Phi) is 8.97. The Bertz CT molecular complexity index is 1150. The van der Waals surface area contributed by atoms with Gasteiger partial charge in [0.05, 0.1) is 19.9 Å². The molecule has 2 heterocycles. The summed E-state index contributed by atoms with van der Waals surface area (Å²) >= 11 is 6.93. The first kappa shape index (κ1) is 26.6. The molecule has 0 bridgehead atoms. The van der Waals surface area contributed by atoms with E-state index in [1.54, 1.807) is 14.2 Å². The van der Waals surface area contributed by atoms with Gasteiger partial charge >= 0.3 is 0 Å². The van der Waals surface area contributed by atoms with Crippen LogP contribution in [0.2, 0.25) is 5.15 Å². The average Bonchev–Trinajstić information content (AvgIpc) is 3.03. The van der Waals surface area contributed by atoms with Crippen LogP contribution in [-0.4, -0.2) is 35.2 Å². The number of aromatic nitrogens is 2. The molecular formula is C30H40ClN3O2. The van der Waals surface area contributed by atoms with Crippen LogP contribution in [-0.2, 0) is 13.1 Å². The highest BCUT2D eigenvalue weighted by molar-refractivity contribution is 6.30. The Morgan fingerprint density at radius 3 is 2.44 bits per heavy atom. The van der Waals surface area contributed by atoms with Crippen LogP contribution in [0.5, 0.6) is 11.5 Å². The molecule has 6 heteroatoms. The number of ether oxygens (including phenoxy) is 2. The molecule has 36 heavy (non-hydrogen) atoms. The summed E-state index contributed by atoms with van der Waals surface area (Å²) in [7, 11) is 3.39. The summed E-state index contributed by atoms with van der Waals surface area (Å²) in [6.45, 7) is 9.29. The maximum atomic E-state index is 6.93. The minimum absolute atomic E-state index is 0.293. The van der Waals surface area contributed by atoms with Gasteiger partial charge in [-0.1, -0.05) is 62.1 Å². The second-order valence-corrected chi connectivity index (χ2v) is 10.3. The zero-order valence-corrected chi connectivity index (χ0v) is 23.2. The van der Waals surface area contributed by atoms with Gasteiger partial charge in [-0.05, 0) is 68.5 Å². The van der Waals surface area contributed by atoms with Crippen molar-refractivity contribution in [2.45, 2.75) is 78.4 Å². The van der Waals surface area contributed by atoms with Gasteiger partial charge in [0.15, 0.2) is 16.7 Å². The Morgan fingerprint density at radius 1 is 1.00 bits per heavy atom. The van der Waals surface area contributed by atoms with Crippen LogP contribution in [0.15, 0.2) is 36.4 Å². The van der Waals surface area contributed by atoms with Crippen LogP contribution in [0.3, 0.4) is 0 Å². The van der Waals surface area contributed by atoms with Crippen molar-refractivity contribution in [3.05, 3.63) is 63.9 Å². The zero-order valence-electron chi connectivity index (χ0n) is 22.4. The van der Waals surface area contributed by atoms with Gasteiger partial charge < -0.3 is 14.0 Å². The van der Waals surface area contributed by atoms with Gasteiger partial charge in [0.2, 0.25) is 0 Å². The lowest BCUT2D eigenvalue weighted by molar-refractivity contribution is 0.187. The number of hydrogen-bond acceptors (Lipinski definition) is 4. The van der Waals surface area contributed by atoms with E-state index in [1.807, 2.05) is 6.07 Å². The van der Waals surface area contributed by atoms with Gasteiger partial charge in [0.1, 0.15) is 5.82 Å². The zero-order chi connectivity index (χ0) is 25.7. The number of rotatable bonds is 9. The van der Waals surface area contributed by atoms with Gasteiger partial charge in [-0.2, -0.15) is 0 Å². The van der Waals surface area contributed by atoms with Crippen molar-refractivity contribution >= 4 is 11.6 Å². The molecule has 0 N–H and O–H groups in total. The largest absolute Gasteiger partial charge is 0.493 e. The van der Waals surface area contributed by atoms with Gasteiger partial charge in [0, 0.05) is 24.7 Å². The molecule has 1 saturated heterocycles. The SMILES string of the molecule is CCCCn1c(-c2c(C)cccc2C)nc(Cl)c1CN1CCCCCC1c1ccc(OC)c(OC)c1. The van der Waals surface area contributed by atoms with Crippen LogP contribution in [0.1, 0.15) is 73.9 Å². The van der Waals surface area contributed by atoms with Crippen LogP contribution in [0, 0.1) is 13.8 Å². The van der Waals surface area contributed by atoms with Crippen molar-refractivity contribution < 1.29 is 9.47 Å². The third kappa shape index (κ3) is 5.57. The molecule has 1 aromatic heterocycles. The van der Waals surface area contributed by atoms with Gasteiger partial charge in [-0.15, -0.1) is 0 Å². The molecule has 1 aliphatic rings. The highest BCUT2D eigenvalue weighted by Gasteiger charge is 2.27. The fourth-order valence-electron chi connectivity index (χ4n) is 5.51. The third-order valence-electron chi connectivity index (χ3n) is 7.47. The number of unbranched alkanes of at least 4 members (excludes halogenated alkanes) is 1. The first-order valence-corrected chi connectivity index (χ1v) is 13.6. The third-order valence-corrected chi connectivity index (χ3v) is 7.78. The number of halogens is 1. The molecule has 0 amide bonds. The maximum Gasteiger partial charge on any atom is 0.161 e. The van der Waals surface area contributed by atoms with Crippen molar-refractivity contribution in [1.82, 2.24) is 14.5 Å². The van der Waals surface area contributed by atoms with Gasteiger partial charge in [-0.3, -0.25) is 4.90 Å². The van der Waals surface area contributed by atoms with E-state index in [-0.39, 0.29) is 0 Å². The molecule has 3 aromatic rings. The lowest BCUT2D eigenvalue weighted by atomic mass is 10.00. The fourth-order valence-corrected chi connectivity index (χ4v) is 5.75. The molecule has 2 aromatic carbocycles.